The molecule has 0 aromatic carbocycles. The molecule has 76 valence electrons. The molecule has 0 radical (unpaired) electrons. The van der Waals surface area contributed by atoms with E-state index in [1.54, 1.807) is 6.92 Å². The third-order valence-corrected chi connectivity index (χ3v) is 1.86. The third-order valence-electron chi connectivity index (χ3n) is 1.61. The van der Waals surface area contributed by atoms with Gasteiger partial charge < -0.3 is 4.74 Å². The van der Waals surface area contributed by atoms with Gasteiger partial charge in [-0.25, -0.2) is 4.98 Å². The van der Waals surface area contributed by atoms with Crippen molar-refractivity contribution in [3.05, 3.63) is 33.2 Å². The Morgan fingerprint density at radius 1 is 1.79 bits per heavy atom. The Balaban J connectivity index is 3.25. The van der Waals surface area contributed by atoms with Gasteiger partial charge in [-0.3, -0.25) is 9.36 Å². The molecule has 0 amide bonds. The van der Waals surface area contributed by atoms with Gasteiger partial charge >= 0.3 is 0 Å². The van der Waals surface area contributed by atoms with Crippen LogP contribution in [0.15, 0.2) is 21.9 Å². The summed E-state index contributed by atoms with van der Waals surface area (Å²) in [6.45, 7) is 5.77. The maximum Gasteiger partial charge on any atom is 0.299 e. The van der Waals surface area contributed by atoms with Crippen molar-refractivity contribution >= 4 is 15.9 Å². The minimum atomic E-state index is -0.144. The van der Waals surface area contributed by atoms with Crippen LogP contribution in [0.4, 0.5) is 0 Å². The Morgan fingerprint density at radius 2 is 2.43 bits per heavy atom. The topological polar surface area (TPSA) is 44.1 Å². The molecule has 14 heavy (non-hydrogen) atoms. The fraction of sp³-hybridized carbons (Fsp3) is 0.333. The molecular weight excluding hydrogens is 248 g/mol. The summed E-state index contributed by atoms with van der Waals surface area (Å²) in [5, 5.41) is 0. The number of methoxy groups -OCH3 is 1. The van der Waals surface area contributed by atoms with Crippen LogP contribution >= 0.6 is 15.9 Å². The molecule has 0 saturated carbocycles. The molecule has 0 unspecified atom stereocenters. The van der Waals surface area contributed by atoms with E-state index in [9.17, 15) is 4.79 Å². The number of hydrogen-bond acceptors (Lipinski definition) is 3. The van der Waals surface area contributed by atoms with Crippen LogP contribution in [0, 0.1) is 6.92 Å². The zero-order chi connectivity index (χ0) is 10.7. The van der Waals surface area contributed by atoms with E-state index in [4.69, 9.17) is 4.74 Å². The van der Waals surface area contributed by atoms with Crippen LogP contribution in [0.3, 0.4) is 0 Å². The number of nitrogens with zero attached hydrogens (tertiary/aromatic N) is 2. The van der Waals surface area contributed by atoms with Crippen LogP contribution in [-0.4, -0.2) is 16.7 Å². The van der Waals surface area contributed by atoms with Crippen LogP contribution in [0.25, 0.3) is 0 Å². The number of ether oxygens (including phenoxy) is 1. The first-order valence-corrected chi connectivity index (χ1v) is 4.79. The molecule has 1 heterocycles. The van der Waals surface area contributed by atoms with Gasteiger partial charge in [0.1, 0.15) is 0 Å². The van der Waals surface area contributed by atoms with Gasteiger partial charge in [-0.05, 0) is 6.92 Å². The van der Waals surface area contributed by atoms with E-state index in [0.29, 0.717) is 22.7 Å². The van der Waals surface area contributed by atoms with Gasteiger partial charge in [0.05, 0.1) is 13.7 Å². The average Bonchev–Trinajstić information content (AvgIpc) is 2.08. The monoisotopic (exact) mass is 258 g/mol. The summed E-state index contributed by atoms with van der Waals surface area (Å²) in [5.74, 6) is 0. The molecule has 0 atom stereocenters. The maximum absolute atomic E-state index is 11.5. The van der Waals surface area contributed by atoms with Crippen molar-refractivity contribution in [3.8, 4) is 6.01 Å². The lowest BCUT2D eigenvalue weighted by Crippen LogP contribution is -2.22. The van der Waals surface area contributed by atoms with Crippen LogP contribution in [0.1, 0.15) is 5.69 Å². The lowest BCUT2D eigenvalue weighted by atomic mass is 10.4. The molecule has 0 fully saturated rings. The van der Waals surface area contributed by atoms with Crippen molar-refractivity contribution in [1.82, 2.24) is 9.55 Å². The van der Waals surface area contributed by atoms with E-state index in [1.807, 2.05) is 0 Å². The van der Waals surface area contributed by atoms with Crippen molar-refractivity contribution in [2.75, 3.05) is 7.11 Å². The Bertz CT molecular complexity index is 412. The van der Waals surface area contributed by atoms with Crippen molar-refractivity contribution in [3.63, 3.8) is 0 Å². The zero-order valence-electron chi connectivity index (χ0n) is 8.08. The first-order valence-electron chi connectivity index (χ1n) is 4.00. The Kier molecular flexibility index (Phi) is 3.46. The van der Waals surface area contributed by atoms with Gasteiger partial charge in [0, 0.05) is 16.2 Å². The van der Waals surface area contributed by atoms with Gasteiger partial charge in [0.25, 0.3) is 11.6 Å². The molecule has 1 aromatic rings. The van der Waals surface area contributed by atoms with Crippen LogP contribution < -0.4 is 10.3 Å². The molecular formula is C9H11BrN2O2. The Hall–Kier alpha value is -1.10. The number of hydrogen-bond donors (Lipinski definition) is 0. The quantitative estimate of drug-likeness (QED) is 0.825. The molecule has 0 N–H and O–H groups in total. The molecule has 0 saturated heterocycles. The summed E-state index contributed by atoms with van der Waals surface area (Å²) < 4.78 is 7.10. The highest BCUT2D eigenvalue weighted by molar-refractivity contribution is 9.11. The fourth-order valence-corrected chi connectivity index (χ4v) is 1.32. The van der Waals surface area contributed by atoms with Gasteiger partial charge in [-0.2, -0.15) is 0 Å². The minimum Gasteiger partial charge on any atom is -0.468 e. The van der Waals surface area contributed by atoms with E-state index in [-0.39, 0.29) is 5.56 Å². The number of aryl methyl sites for hydroxylation is 1. The second kappa shape index (κ2) is 4.41. The fourth-order valence-electron chi connectivity index (χ4n) is 1.07. The van der Waals surface area contributed by atoms with E-state index in [2.05, 4.69) is 27.5 Å². The van der Waals surface area contributed by atoms with Crippen molar-refractivity contribution < 1.29 is 4.74 Å². The largest absolute Gasteiger partial charge is 0.468 e. The number of allylic oxidation sites excluding steroid dienone is 1. The van der Waals surface area contributed by atoms with E-state index in [1.165, 1.54) is 17.7 Å². The van der Waals surface area contributed by atoms with Crippen LogP contribution in [0.2, 0.25) is 0 Å². The summed E-state index contributed by atoms with van der Waals surface area (Å²) in [6, 6.07) is 1.76. The van der Waals surface area contributed by atoms with Crippen molar-refractivity contribution in [1.29, 1.82) is 0 Å². The standard InChI is InChI=1S/C9H11BrN2O2/c1-6(10)5-12-8(13)4-7(2)11-9(12)14-3/h4H,1,5H2,2-3H3. The lowest BCUT2D eigenvalue weighted by molar-refractivity contribution is 0.350. The van der Waals surface area contributed by atoms with E-state index >= 15 is 0 Å². The van der Waals surface area contributed by atoms with Crippen molar-refractivity contribution in [2.24, 2.45) is 0 Å². The third kappa shape index (κ3) is 2.45. The molecule has 0 bridgehead atoms. The van der Waals surface area contributed by atoms with E-state index in [0.717, 1.165) is 0 Å². The van der Waals surface area contributed by atoms with E-state index < -0.39 is 0 Å². The summed E-state index contributed by atoms with van der Waals surface area (Å²) in [6.07, 6.45) is 0. The zero-order valence-corrected chi connectivity index (χ0v) is 9.67. The molecule has 0 aliphatic heterocycles. The van der Waals surface area contributed by atoms with Gasteiger partial charge in [-0.15, -0.1) is 0 Å². The molecule has 0 aliphatic rings. The van der Waals surface area contributed by atoms with Crippen LogP contribution in [0.5, 0.6) is 6.01 Å². The van der Waals surface area contributed by atoms with Gasteiger partial charge in [0.15, 0.2) is 0 Å². The first-order chi connectivity index (χ1) is 6.54. The predicted octanol–water partition coefficient (Wildman–Crippen LogP) is 1.47. The number of rotatable bonds is 3. The number of halogens is 1. The second-order valence-corrected chi connectivity index (χ2v) is 3.95. The summed E-state index contributed by atoms with van der Waals surface area (Å²) >= 11 is 3.19. The van der Waals surface area contributed by atoms with Crippen LogP contribution in [-0.2, 0) is 6.54 Å². The first kappa shape index (κ1) is 11.0. The average molecular weight is 259 g/mol. The minimum absolute atomic E-state index is 0.144. The number of aromatic nitrogens is 2. The molecule has 0 spiro atoms. The van der Waals surface area contributed by atoms with Gasteiger partial charge in [0.2, 0.25) is 0 Å². The molecule has 0 aliphatic carbocycles. The molecule has 5 heteroatoms. The highest BCUT2D eigenvalue weighted by atomic mass is 79.9. The van der Waals surface area contributed by atoms with Gasteiger partial charge in [-0.1, -0.05) is 22.5 Å². The normalized spacial score (nSPS) is 9.93. The molecule has 1 aromatic heterocycles. The molecule has 4 nitrogen and oxygen atoms in total. The lowest BCUT2D eigenvalue weighted by Gasteiger charge is -2.09. The highest BCUT2D eigenvalue weighted by Gasteiger charge is 2.06. The SMILES string of the molecule is C=C(Br)Cn1c(OC)nc(C)cc1=O. The van der Waals surface area contributed by atoms with Crippen molar-refractivity contribution in [2.45, 2.75) is 13.5 Å². The summed E-state index contributed by atoms with van der Waals surface area (Å²) in [4.78, 5) is 15.6. The highest BCUT2D eigenvalue weighted by Crippen LogP contribution is 2.09. The Labute approximate surface area is 90.4 Å². The summed E-state index contributed by atoms with van der Waals surface area (Å²) in [7, 11) is 1.48. The molecule has 1 rings (SSSR count). The summed E-state index contributed by atoms with van der Waals surface area (Å²) in [5.41, 5.74) is 0.498. The Morgan fingerprint density at radius 3 is 2.93 bits per heavy atom. The second-order valence-electron chi connectivity index (χ2n) is 2.83. The maximum atomic E-state index is 11.5. The predicted molar refractivity (Wildman–Crippen MR) is 57.9 cm³/mol. The smallest absolute Gasteiger partial charge is 0.299 e.